The Kier molecular flexibility index (Phi) is 3.75. The molecule has 0 aromatic carbocycles. The van der Waals surface area contributed by atoms with E-state index >= 15 is 0 Å². The molecule has 5 N–H and O–H groups in total. The Morgan fingerprint density at radius 2 is 1.87 bits per heavy atom. The van der Waals surface area contributed by atoms with Crippen LogP contribution in [0.5, 0.6) is 0 Å². The molecule has 6 atom stereocenters. The highest BCUT2D eigenvalue weighted by Gasteiger charge is 2.61. The Labute approximate surface area is 85.2 Å². The van der Waals surface area contributed by atoms with Gasteiger partial charge < -0.3 is 30.4 Å². The summed E-state index contributed by atoms with van der Waals surface area (Å²) < 4.78 is 15.1. The van der Waals surface area contributed by atoms with Gasteiger partial charge >= 0.3 is 13.6 Å². The number of aliphatic hydroxyl groups is 5. The average molecular weight is 242 g/mol. The quantitative estimate of drug-likeness (QED) is 0.309. The minimum absolute atomic E-state index is 0.809. The van der Waals surface area contributed by atoms with Crippen LogP contribution < -0.4 is 4.89 Å². The molecule has 0 aromatic heterocycles. The lowest BCUT2D eigenvalue weighted by Crippen LogP contribution is -2.64. The highest BCUT2D eigenvalue weighted by atomic mass is 31.1. The van der Waals surface area contributed by atoms with Crippen LogP contribution in [0.25, 0.3) is 0 Å². The van der Waals surface area contributed by atoms with Crippen molar-refractivity contribution < 1.29 is 39.7 Å². The molecule has 0 radical (unpaired) electrons. The molecule has 9 heteroatoms. The SMILES string of the molecule is O=[P+]([O-])[C@@]1(O)O[C@H](CO)[C@H](O)[C@H](O)[C@H]1O. The predicted molar refractivity (Wildman–Crippen MR) is 42.5 cm³/mol. The Bertz CT molecular complexity index is 258. The summed E-state index contributed by atoms with van der Waals surface area (Å²) in [5.74, 6) is 0. The fourth-order valence-electron chi connectivity index (χ4n) is 1.29. The van der Waals surface area contributed by atoms with Crippen LogP contribution in [0.2, 0.25) is 0 Å². The van der Waals surface area contributed by atoms with Crippen LogP contribution in [0.15, 0.2) is 0 Å². The molecule has 15 heavy (non-hydrogen) atoms. The molecule has 0 bridgehead atoms. The first-order valence-corrected chi connectivity index (χ1v) is 5.22. The summed E-state index contributed by atoms with van der Waals surface area (Å²) in [5, 5.41) is 45.7. The molecule has 1 unspecified atom stereocenters. The number of ether oxygens (including phenoxy) is 1. The van der Waals surface area contributed by atoms with Gasteiger partial charge in [-0.15, -0.1) is 0 Å². The maximum Gasteiger partial charge on any atom is 0.399 e. The van der Waals surface area contributed by atoms with E-state index in [1.165, 1.54) is 0 Å². The lowest BCUT2D eigenvalue weighted by Gasteiger charge is -2.39. The normalized spacial score (nSPS) is 47.7. The highest BCUT2D eigenvalue weighted by molar-refractivity contribution is 7.38. The van der Waals surface area contributed by atoms with Crippen LogP contribution in [0, 0.1) is 0 Å². The molecule has 0 spiro atoms. The van der Waals surface area contributed by atoms with Crippen molar-refractivity contribution >= 4 is 8.03 Å². The Morgan fingerprint density at radius 3 is 2.27 bits per heavy atom. The van der Waals surface area contributed by atoms with Gasteiger partial charge in [0, 0.05) is 0 Å². The maximum absolute atomic E-state index is 10.6. The zero-order valence-electron chi connectivity index (χ0n) is 7.42. The molecule has 1 aliphatic rings. The van der Waals surface area contributed by atoms with Crippen molar-refractivity contribution in [2.45, 2.75) is 29.9 Å². The molecular formula is C6H11O8P. The smallest absolute Gasteiger partial charge is 0.399 e. The van der Waals surface area contributed by atoms with Gasteiger partial charge in [0.2, 0.25) is 0 Å². The summed E-state index contributed by atoms with van der Waals surface area (Å²) in [5.41, 5.74) is -3.00. The molecule has 1 heterocycles. The molecule has 1 saturated heterocycles. The van der Waals surface area contributed by atoms with Crippen LogP contribution in [-0.4, -0.2) is 62.1 Å². The summed E-state index contributed by atoms with van der Waals surface area (Å²) >= 11 is 0. The van der Waals surface area contributed by atoms with Crippen LogP contribution >= 0.6 is 8.03 Å². The Hall–Kier alpha value is -0.180. The van der Waals surface area contributed by atoms with E-state index in [2.05, 4.69) is 4.74 Å². The van der Waals surface area contributed by atoms with Gasteiger partial charge in [0.1, 0.15) is 18.3 Å². The van der Waals surface area contributed by atoms with Crippen LogP contribution in [0.1, 0.15) is 0 Å². The minimum Gasteiger partial charge on any atom is -0.591 e. The third kappa shape index (κ3) is 2.03. The van der Waals surface area contributed by atoms with Gasteiger partial charge in [0.05, 0.1) is 6.61 Å². The fourth-order valence-corrected chi connectivity index (χ4v) is 1.88. The van der Waals surface area contributed by atoms with E-state index in [9.17, 15) is 29.9 Å². The predicted octanol–water partition coefficient (Wildman–Crippen LogP) is -3.79. The van der Waals surface area contributed by atoms with E-state index in [1.807, 2.05) is 0 Å². The highest BCUT2D eigenvalue weighted by Crippen LogP contribution is 2.40. The lowest BCUT2D eigenvalue weighted by atomic mass is 9.99. The number of aliphatic hydroxyl groups excluding tert-OH is 4. The van der Waals surface area contributed by atoms with E-state index in [4.69, 9.17) is 5.11 Å². The number of hydrogen-bond donors (Lipinski definition) is 5. The summed E-state index contributed by atoms with van der Waals surface area (Å²) in [6.07, 6.45) is -7.29. The summed E-state index contributed by atoms with van der Waals surface area (Å²) in [4.78, 5) is 10.6. The molecule has 0 aliphatic carbocycles. The van der Waals surface area contributed by atoms with Crippen molar-refractivity contribution in [3.8, 4) is 0 Å². The molecule has 0 aromatic rings. The second-order valence-corrected chi connectivity index (χ2v) is 4.34. The van der Waals surface area contributed by atoms with E-state index in [0.717, 1.165) is 0 Å². The van der Waals surface area contributed by atoms with Crippen LogP contribution in [0.4, 0.5) is 0 Å². The topological polar surface area (TPSA) is 151 Å². The molecule has 0 amide bonds. The molecule has 1 aliphatic heterocycles. The summed E-state index contributed by atoms with van der Waals surface area (Å²) in [6, 6.07) is 0. The average Bonchev–Trinajstić information content (AvgIpc) is 2.20. The molecule has 1 rings (SSSR count). The first-order chi connectivity index (χ1) is 6.84. The van der Waals surface area contributed by atoms with Crippen LogP contribution in [-0.2, 0) is 9.30 Å². The van der Waals surface area contributed by atoms with Gasteiger partial charge in [-0.2, -0.15) is 0 Å². The van der Waals surface area contributed by atoms with E-state index in [-0.39, 0.29) is 0 Å². The first-order valence-electron chi connectivity index (χ1n) is 4.04. The summed E-state index contributed by atoms with van der Waals surface area (Å²) in [7, 11) is -3.62. The largest absolute Gasteiger partial charge is 0.591 e. The van der Waals surface area contributed by atoms with Crippen molar-refractivity contribution in [2.75, 3.05) is 6.61 Å². The first kappa shape index (κ1) is 12.9. The van der Waals surface area contributed by atoms with Crippen molar-refractivity contribution in [1.29, 1.82) is 0 Å². The van der Waals surface area contributed by atoms with Gasteiger partial charge in [-0.1, -0.05) is 4.57 Å². The molecular weight excluding hydrogens is 231 g/mol. The molecule has 1 fully saturated rings. The van der Waals surface area contributed by atoms with Gasteiger partial charge in [-0.05, 0) is 0 Å². The second kappa shape index (κ2) is 4.36. The van der Waals surface area contributed by atoms with Crippen molar-refractivity contribution in [1.82, 2.24) is 0 Å². The standard InChI is InChI=1S/C6H11O8P/c7-1-2-3(8)4(9)5(10)6(11,14-2)15(12)13/h2-5,7-11H,1H2/t2-,3+,4+,5-,6+/m1/s1. The molecule has 8 nitrogen and oxygen atoms in total. The molecule has 88 valence electrons. The Balaban J connectivity index is 2.97. The van der Waals surface area contributed by atoms with E-state index in [0.29, 0.717) is 0 Å². The zero-order chi connectivity index (χ0) is 11.8. The van der Waals surface area contributed by atoms with Crippen molar-refractivity contribution in [3.63, 3.8) is 0 Å². The minimum atomic E-state index is -3.62. The van der Waals surface area contributed by atoms with E-state index < -0.39 is 44.6 Å². The maximum atomic E-state index is 10.6. The van der Waals surface area contributed by atoms with E-state index in [1.54, 1.807) is 0 Å². The van der Waals surface area contributed by atoms with Gasteiger partial charge in [0.15, 0.2) is 6.10 Å². The third-order valence-corrected chi connectivity index (χ3v) is 3.10. The fraction of sp³-hybridized carbons (Fsp3) is 1.00. The second-order valence-electron chi connectivity index (χ2n) is 3.18. The van der Waals surface area contributed by atoms with Gasteiger partial charge in [0.25, 0.3) is 0 Å². The van der Waals surface area contributed by atoms with Crippen molar-refractivity contribution in [2.24, 2.45) is 0 Å². The Morgan fingerprint density at radius 1 is 1.33 bits per heavy atom. The van der Waals surface area contributed by atoms with Crippen LogP contribution in [0.3, 0.4) is 0 Å². The monoisotopic (exact) mass is 242 g/mol. The number of rotatable bonds is 2. The van der Waals surface area contributed by atoms with Gasteiger partial charge in [-0.3, -0.25) is 4.74 Å². The lowest BCUT2D eigenvalue weighted by molar-refractivity contribution is -0.327. The number of hydrogen-bond acceptors (Lipinski definition) is 8. The third-order valence-electron chi connectivity index (χ3n) is 2.21. The van der Waals surface area contributed by atoms with Gasteiger partial charge in [-0.25, -0.2) is 0 Å². The zero-order valence-corrected chi connectivity index (χ0v) is 8.32. The van der Waals surface area contributed by atoms with Crippen molar-refractivity contribution in [3.05, 3.63) is 0 Å². The summed E-state index contributed by atoms with van der Waals surface area (Å²) in [6.45, 7) is -0.809. The molecule has 0 saturated carbocycles.